The van der Waals surface area contributed by atoms with Gasteiger partial charge in [-0.1, -0.05) is 11.6 Å². The topological polar surface area (TPSA) is 117 Å². The number of amides is 1. The number of halogens is 4. The average Bonchev–Trinajstić information content (AvgIpc) is 2.78. The highest BCUT2D eigenvalue weighted by Crippen LogP contribution is 2.38. The van der Waals surface area contributed by atoms with Crippen molar-refractivity contribution >= 4 is 29.4 Å². The van der Waals surface area contributed by atoms with E-state index in [1.807, 2.05) is 0 Å². The Labute approximate surface area is 202 Å². The molecule has 0 saturated heterocycles. The molecule has 0 aliphatic carbocycles. The van der Waals surface area contributed by atoms with Crippen LogP contribution in [0.4, 0.5) is 23.7 Å². The second-order valence-corrected chi connectivity index (χ2v) is 7.42. The van der Waals surface area contributed by atoms with Gasteiger partial charge in [0, 0.05) is 19.2 Å². The first kappa shape index (κ1) is 27.5. The van der Waals surface area contributed by atoms with Crippen LogP contribution in [0.5, 0.6) is 17.2 Å². The number of hydrogen-bond donors (Lipinski definition) is 0. The Kier molecular flexibility index (Phi) is 8.74. The van der Waals surface area contributed by atoms with Crippen LogP contribution in [-0.2, 0) is 20.4 Å². The summed E-state index contributed by atoms with van der Waals surface area (Å²) in [5.74, 6) is -1.54. The van der Waals surface area contributed by atoms with Crippen LogP contribution in [0.1, 0.15) is 19.4 Å². The van der Waals surface area contributed by atoms with Crippen molar-refractivity contribution in [1.29, 1.82) is 0 Å². The largest absolute Gasteiger partial charge is 0.472 e. The molecule has 0 heterocycles. The molecule has 2 aromatic carbocycles. The summed E-state index contributed by atoms with van der Waals surface area (Å²) in [5, 5.41) is 11.0. The highest BCUT2D eigenvalue weighted by molar-refractivity contribution is 6.32. The van der Waals surface area contributed by atoms with E-state index in [4.69, 9.17) is 25.8 Å². The molecule has 0 N–H and O–H groups in total. The van der Waals surface area contributed by atoms with E-state index >= 15 is 0 Å². The minimum absolute atomic E-state index is 0.0633. The van der Waals surface area contributed by atoms with Crippen LogP contribution < -0.4 is 9.47 Å². The van der Waals surface area contributed by atoms with E-state index in [0.717, 1.165) is 36.3 Å². The number of benzene rings is 2. The minimum Gasteiger partial charge on any atom is -0.472 e. The Bertz CT molecular complexity index is 1110. The standard InChI is InChI=1S/C21H20ClF3N2O8/c1-11(19(28)34-12(2)26(3)20(29)32-4)33-18-10-14(6-7-16(18)27(30)31)35-17-8-5-13(9-15(17)22)21(23,24)25/h5-12H,1-4H3. The minimum atomic E-state index is -4.61. The number of esters is 1. The lowest BCUT2D eigenvalue weighted by Gasteiger charge is -2.24. The number of alkyl halides is 3. The fraction of sp³-hybridized carbons (Fsp3) is 0.333. The van der Waals surface area contributed by atoms with Gasteiger partial charge in [0.05, 0.1) is 22.6 Å². The zero-order valence-electron chi connectivity index (χ0n) is 18.8. The summed E-state index contributed by atoms with van der Waals surface area (Å²) in [6.07, 6.45) is -7.76. The van der Waals surface area contributed by atoms with E-state index in [9.17, 15) is 32.9 Å². The number of nitrogens with zero attached hydrogens (tertiary/aromatic N) is 2. The van der Waals surface area contributed by atoms with Gasteiger partial charge in [-0.2, -0.15) is 13.2 Å². The van der Waals surface area contributed by atoms with E-state index in [2.05, 4.69) is 4.74 Å². The molecular formula is C21H20ClF3N2O8. The smallest absolute Gasteiger partial charge is 0.416 e. The molecule has 35 heavy (non-hydrogen) atoms. The van der Waals surface area contributed by atoms with E-state index in [0.29, 0.717) is 6.07 Å². The number of ether oxygens (including phenoxy) is 4. The molecule has 0 aromatic heterocycles. The molecule has 190 valence electrons. The van der Waals surface area contributed by atoms with Crippen LogP contribution in [-0.4, -0.2) is 48.4 Å². The summed E-state index contributed by atoms with van der Waals surface area (Å²) in [4.78, 5) is 35.5. The Morgan fingerprint density at radius 1 is 1.11 bits per heavy atom. The van der Waals surface area contributed by atoms with E-state index in [1.54, 1.807) is 0 Å². The van der Waals surface area contributed by atoms with Crippen molar-refractivity contribution in [3.63, 3.8) is 0 Å². The average molecular weight is 521 g/mol. The molecular weight excluding hydrogens is 501 g/mol. The third kappa shape index (κ3) is 7.12. The second kappa shape index (κ2) is 11.1. The molecule has 0 aliphatic rings. The third-order valence-corrected chi connectivity index (χ3v) is 4.84. The third-order valence-electron chi connectivity index (χ3n) is 4.55. The summed E-state index contributed by atoms with van der Waals surface area (Å²) in [6, 6.07) is 5.69. The lowest BCUT2D eigenvalue weighted by molar-refractivity contribution is -0.386. The van der Waals surface area contributed by atoms with E-state index < -0.39 is 46.7 Å². The first-order valence-corrected chi connectivity index (χ1v) is 10.1. The number of carbonyl (C=O) groups excluding carboxylic acids is 2. The Morgan fingerprint density at radius 2 is 1.77 bits per heavy atom. The zero-order valence-corrected chi connectivity index (χ0v) is 19.5. The zero-order chi connectivity index (χ0) is 26.5. The highest BCUT2D eigenvalue weighted by Gasteiger charge is 2.31. The van der Waals surface area contributed by atoms with Crippen molar-refractivity contribution in [2.75, 3.05) is 14.2 Å². The maximum atomic E-state index is 12.8. The van der Waals surface area contributed by atoms with Gasteiger partial charge in [-0.05, 0) is 38.1 Å². The van der Waals surface area contributed by atoms with Crippen molar-refractivity contribution < 1.29 is 46.6 Å². The molecule has 2 atom stereocenters. The summed E-state index contributed by atoms with van der Waals surface area (Å²) < 4.78 is 58.9. The van der Waals surface area contributed by atoms with Gasteiger partial charge in [0.2, 0.25) is 5.75 Å². The second-order valence-electron chi connectivity index (χ2n) is 7.01. The van der Waals surface area contributed by atoms with Gasteiger partial charge in [0.15, 0.2) is 12.3 Å². The molecule has 2 aromatic rings. The predicted molar refractivity (Wildman–Crippen MR) is 115 cm³/mol. The van der Waals surface area contributed by atoms with Crippen LogP contribution in [0, 0.1) is 10.1 Å². The molecule has 0 saturated carbocycles. The van der Waals surface area contributed by atoms with Gasteiger partial charge in [0.1, 0.15) is 11.5 Å². The van der Waals surface area contributed by atoms with Gasteiger partial charge >= 0.3 is 23.9 Å². The van der Waals surface area contributed by atoms with Gasteiger partial charge in [-0.3, -0.25) is 15.0 Å². The summed E-state index contributed by atoms with van der Waals surface area (Å²) in [7, 11) is 2.47. The molecule has 0 spiro atoms. The number of carbonyl (C=O) groups is 2. The van der Waals surface area contributed by atoms with Crippen LogP contribution >= 0.6 is 11.6 Å². The first-order chi connectivity index (χ1) is 16.2. The van der Waals surface area contributed by atoms with Gasteiger partial charge in [0.25, 0.3) is 0 Å². The fourth-order valence-corrected chi connectivity index (χ4v) is 2.78. The number of rotatable bonds is 8. The molecule has 10 nitrogen and oxygen atoms in total. The normalized spacial score (nSPS) is 12.8. The lowest BCUT2D eigenvalue weighted by atomic mass is 10.2. The van der Waals surface area contributed by atoms with Gasteiger partial charge in [-0.15, -0.1) is 0 Å². The number of nitro groups is 1. The van der Waals surface area contributed by atoms with Crippen molar-refractivity contribution in [1.82, 2.24) is 4.90 Å². The number of methoxy groups -OCH3 is 1. The molecule has 0 radical (unpaired) electrons. The maximum absolute atomic E-state index is 12.8. The molecule has 14 heteroatoms. The van der Waals surface area contributed by atoms with Crippen LogP contribution in [0.2, 0.25) is 5.02 Å². The predicted octanol–water partition coefficient (Wildman–Crippen LogP) is 5.41. The van der Waals surface area contributed by atoms with E-state index in [-0.39, 0.29) is 22.3 Å². The molecule has 1 amide bonds. The lowest BCUT2D eigenvalue weighted by Crippen LogP contribution is -2.40. The summed E-state index contributed by atoms with van der Waals surface area (Å²) in [6.45, 7) is 2.66. The molecule has 2 rings (SSSR count). The van der Waals surface area contributed by atoms with Crippen LogP contribution in [0.15, 0.2) is 36.4 Å². The Balaban J connectivity index is 2.22. The van der Waals surface area contributed by atoms with E-state index in [1.165, 1.54) is 27.0 Å². The van der Waals surface area contributed by atoms with Crippen molar-refractivity contribution in [2.45, 2.75) is 32.4 Å². The quantitative estimate of drug-likeness (QED) is 0.196. The highest BCUT2D eigenvalue weighted by atomic mass is 35.5. The SMILES string of the molecule is COC(=O)N(C)C(C)OC(=O)C(C)Oc1cc(Oc2ccc(C(F)(F)F)cc2Cl)ccc1[N+](=O)[O-]. The fourth-order valence-electron chi connectivity index (χ4n) is 2.56. The van der Waals surface area contributed by atoms with Crippen LogP contribution in [0.3, 0.4) is 0 Å². The molecule has 0 fully saturated rings. The van der Waals surface area contributed by atoms with Crippen molar-refractivity contribution in [2.24, 2.45) is 0 Å². The number of hydrogen-bond acceptors (Lipinski definition) is 8. The maximum Gasteiger partial charge on any atom is 0.416 e. The summed E-state index contributed by atoms with van der Waals surface area (Å²) >= 11 is 5.88. The van der Waals surface area contributed by atoms with Crippen molar-refractivity contribution in [3.8, 4) is 17.2 Å². The first-order valence-electron chi connectivity index (χ1n) is 9.75. The molecule has 0 bridgehead atoms. The molecule has 2 unspecified atom stereocenters. The molecule has 0 aliphatic heterocycles. The van der Waals surface area contributed by atoms with Gasteiger partial charge < -0.3 is 18.9 Å². The van der Waals surface area contributed by atoms with Crippen LogP contribution in [0.25, 0.3) is 0 Å². The van der Waals surface area contributed by atoms with Gasteiger partial charge in [-0.25, -0.2) is 9.59 Å². The number of nitro benzene ring substituents is 1. The summed E-state index contributed by atoms with van der Waals surface area (Å²) in [5.41, 5.74) is -1.50. The monoisotopic (exact) mass is 520 g/mol. The Hall–Kier alpha value is -3.74. The Morgan fingerprint density at radius 3 is 2.31 bits per heavy atom. The van der Waals surface area contributed by atoms with Crippen molar-refractivity contribution in [3.05, 3.63) is 57.1 Å².